The van der Waals surface area contributed by atoms with Crippen LogP contribution in [0.3, 0.4) is 0 Å². The number of nitrogens with one attached hydrogen (secondary N) is 2. The number of rotatable bonds is 4. The number of likely N-dealkylation sites (tertiary alicyclic amines) is 1. The quantitative estimate of drug-likeness (QED) is 0.449. The summed E-state index contributed by atoms with van der Waals surface area (Å²) in [7, 11) is 1.82. The summed E-state index contributed by atoms with van der Waals surface area (Å²) >= 11 is 0. The smallest absolute Gasteiger partial charge is 0.191 e. The van der Waals surface area contributed by atoms with E-state index >= 15 is 0 Å². The van der Waals surface area contributed by atoms with Gasteiger partial charge in [0, 0.05) is 38.8 Å². The normalized spacial score (nSPS) is 26.5. The highest BCUT2D eigenvalue weighted by Gasteiger charge is 2.30. The number of nitrogens with zero attached hydrogens (tertiary/aromatic N) is 2. The van der Waals surface area contributed by atoms with Crippen LogP contribution in [0.25, 0.3) is 0 Å². The topological polar surface area (TPSA) is 39.7 Å². The second-order valence-corrected chi connectivity index (χ2v) is 5.30. The molecule has 1 aliphatic carbocycles. The standard InChI is InChI=1S/C14H26N4/c1-3-9-16-14(15-2)17-12-8-10-18(11-12)13-6-4-5-7-13/h3,12-13H,1,4-11H2,2H3,(H2,15,16,17). The van der Waals surface area contributed by atoms with Crippen molar-refractivity contribution in [2.45, 2.75) is 44.2 Å². The molecule has 1 saturated heterocycles. The first-order valence-electron chi connectivity index (χ1n) is 7.15. The predicted octanol–water partition coefficient (Wildman–Crippen LogP) is 1.35. The van der Waals surface area contributed by atoms with E-state index in [0.717, 1.165) is 18.5 Å². The van der Waals surface area contributed by atoms with E-state index in [1.807, 2.05) is 13.1 Å². The fraction of sp³-hybridized carbons (Fsp3) is 0.786. The van der Waals surface area contributed by atoms with Crippen LogP contribution in [0.5, 0.6) is 0 Å². The molecule has 0 aromatic rings. The summed E-state index contributed by atoms with van der Waals surface area (Å²) in [6, 6.07) is 1.39. The summed E-state index contributed by atoms with van der Waals surface area (Å²) < 4.78 is 0. The molecule has 2 rings (SSSR count). The Labute approximate surface area is 111 Å². The SMILES string of the molecule is C=CCNC(=NC)NC1CCN(C2CCCC2)C1. The van der Waals surface area contributed by atoms with Gasteiger partial charge in [-0.2, -0.15) is 0 Å². The Morgan fingerprint density at radius 1 is 1.39 bits per heavy atom. The highest BCUT2D eigenvalue weighted by Crippen LogP contribution is 2.26. The molecule has 0 spiro atoms. The van der Waals surface area contributed by atoms with Crippen LogP contribution < -0.4 is 10.6 Å². The Morgan fingerprint density at radius 2 is 2.17 bits per heavy atom. The van der Waals surface area contributed by atoms with Crippen LogP contribution in [0.1, 0.15) is 32.1 Å². The number of hydrogen-bond donors (Lipinski definition) is 2. The summed E-state index contributed by atoms with van der Waals surface area (Å²) in [5.74, 6) is 0.896. The van der Waals surface area contributed by atoms with Crippen LogP contribution in [-0.4, -0.2) is 49.6 Å². The van der Waals surface area contributed by atoms with Crippen LogP contribution in [0.2, 0.25) is 0 Å². The molecule has 102 valence electrons. The molecule has 0 radical (unpaired) electrons. The number of aliphatic imine (C=N–C) groups is 1. The van der Waals surface area contributed by atoms with Crippen LogP contribution in [0.4, 0.5) is 0 Å². The molecule has 1 saturated carbocycles. The van der Waals surface area contributed by atoms with Crippen molar-refractivity contribution in [3.8, 4) is 0 Å². The molecule has 1 unspecified atom stereocenters. The summed E-state index contributed by atoms with van der Waals surface area (Å²) in [5, 5.41) is 6.74. The lowest BCUT2D eigenvalue weighted by Gasteiger charge is -2.24. The summed E-state index contributed by atoms with van der Waals surface area (Å²) in [6.07, 6.45) is 8.72. The average Bonchev–Trinajstić information content (AvgIpc) is 3.04. The highest BCUT2D eigenvalue weighted by molar-refractivity contribution is 5.80. The Hall–Kier alpha value is -1.03. The fourth-order valence-corrected chi connectivity index (χ4v) is 3.06. The Balaban J connectivity index is 1.75. The molecule has 2 fully saturated rings. The van der Waals surface area contributed by atoms with Gasteiger partial charge in [-0.3, -0.25) is 9.89 Å². The summed E-state index contributed by atoms with van der Waals surface area (Å²) in [6.45, 7) is 6.88. The molecule has 0 amide bonds. The molecule has 1 aliphatic heterocycles. The van der Waals surface area contributed by atoms with E-state index in [1.165, 1.54) is 45.2 Å². The minimum atomic E-state index is 0.543. The molecule has 18 heavy (non-hydrogen) atoms. The summed E-state index contributed by atoms with van der Waals surface area (Å²) in [5.41, 5.74) is 0. The Bertz CT molecular complexity index is 294. The number of guanidine groups is 1. The third kappa shape index (κ3) is 3.48. The zero-order valence-corrected chi connectivity index (χ0v) is 11.5. The predicted molar refractivity (Wildman–Crippen MR) is 76.9 cm³/mol. The minimum absolute atomic E-state index is 0.543. The molecule has 4 nitrogen and oxygen atoms in total. The molecule has 0 bridgehead atoms. The second-order valence-electron chi connectivity index (χ2n) is 5.30. The van der Waals surface area contributed by atoms with E-state index in [9.17, 15) is 0 Å². The first kappa shape index (κ1) is 13.4. The van der Waals surface area contributed by atoms with Gasteiger partial charge in [0.15, 0.2) is 5.96 Å². The minimum Gasteiger partial charge on any atom is -0.353 e. The maximum Gasteiger partial charge on any atom is 0.191 e. The van der Waals surface area contributed by atoms with Crippen molar-refractivity contribution >= 4 is 5.96 Å². The van der Waals surface area contributed by atoms with Gasteiger partial charge in [-0.25, -0.2) is 0 Å². The number of hydrogen-bond acceptors (Lipinski definition) is 2. The summed E-state index contributed by atoms with van der Waals surface area (Å²) in [4.78, 5) is 6.90. The van der Waals surface area contributed by atoms with Gasteiger partial charge in [0.2, 0.25) is 0 Å². The lowest BCUT2D eigenvalue weighted by Crippen LogP contribution is -2.45. The third-order valence-corrected chi connectivity index (χ3v) is 4.04. The van der Waals surface area contributed by atoms with E-state index in [4.69, 9.17) is 0 Å². The van der Waals surface area contributed by atoms with Crippen molar-refractivity contribution in [1.29, 1.82) is 0 Å². The van der Waals surface area contributed by atoms with Crippen molar-refractivity contribution in [3.63, 3.8) is 0 Å². The van der Waals surface area contributed by atoms with Gasteiger partial charge in [-0.05, 0) is 19.3 Å². The Kier molecular flexibility index (Phi) is 5.05. The zero-order valence-electron chi connectivity index (χ0n) is 11.5. The van der Waals surface area contributed by atoms with Crippen molar-refractivity contribution in [2.75, 3.05) is 26.7 Å². The van der Waals surface area contributed by atoms with Gasteiger partial charge in [0.1, 0.15) is 0 Å². The molecule has 2 aliphatic rings. The zero-order chi connectivity index (χ0) is 12.8. The van der Waals surface area contributed by atoms with Crippen molar-refractivity contribution in [1.82, 2.24) is 15.5 Å². The molecule has 4 heteroatoms. The van der Waals surface area contributed by atoms with Gasteiger partial charge < -0.3 is 10.6 Å². The first-order chi connectivity index (χ1) is 8.83. The molecule has 0 aromatic heterocycles. The van der Waals surface area contributed by atoms with E-state index < -0.39 is 0 Å². The second kappa shape index (κ2) is 6.78. The average molecular weight is 250 g/mol. The van der Waals surface area contributed by atoms with Gasteiger partial charge in [0.25, 0.3) is 0 Å². The molecule has 2 N–H and O–H groups in total. The van der Waals surface area contributed by atoms with Gasteiger partial charge >= 0.3 is 0 Å². The van der Waals surface area contributed by atoms with Crippen molar-refractivity contribution in [3.05, 3.63) is 12.7 Å². The maximum absolute atomic E-state index is 4.24. The molecule has 1 heterocycles. The van der Waals surface area contributed by atoms with Crippen molar-refractivity contribution in [2.24, 2.45) is 4.99 Å². The fourth-order valence-electron chi connectivity index (χ4n) is 3.06. The van der Waals surface area contributed by atoms with E-state index in [1.54, 1.807) is 0 Å². The molecular formula is C14H26N4. The van der Waals surface area contributed by atoms with Crippen LogP contribution in [0, 0.1) is 0 Å². The van der Waals surface area contributed by atoms with E-state index in [-0.39, 0.29) is 0 Å². The van der Waals surface area contributed by atoms with E-state index in [2.05, 4.69) is 27.1 Å². The molecular weight excluding hydrogens is 224 g/mol. The van der Waals surface area contributed by atoms with Gasteiger partial charge in [-0.1, -0.05) is 18.9 Å². The maximum atomic E-state index is 4.24. The monoisotopic (exact) mass is 250 g/mol. The van der Waals surface area contributed by atoms with E-state index in [0.29, 0.717) is 6.04 Å². The Morgan fingerprint density at radius 3 is 2.83 bits per heavy atom. The highest BCUT2D eigenvalue weighted by atomic mass is 15.3. The molecule has 0 aromatic carbocycles. The lowest BCUT2D eigenvalue weighted by molar-refractivity contribution is 0.242. The third-order valence-electron chi connectivity index (χ3n) is 4.04. The lowest BCUT2D eigenvalue weighted by atomic mass is 10.2. The molecule has 1 atom stereocenters. The van der Waals surface area contributed by atoms with Crippen molar-refractivity contribution < 1.29 is 0 Å². The van der Waals surface area contributed by atoms with Crippen LogP contribution in [-0.2, 0) is 0 Å². The van der Waals surface area contributed by atoms with Gasteiger partial charge in [-0.15, -0.1) is 6.58 Å². The van der Waals surface area contributed by atoms with Gasteiger partial charge in [0.05, 0.1) is 0 Å². The first-order valence-corrected chi connectivity index (χ1v) is 7.15. The van der Waals surface area contributed by atoms with Crippen LogP contribution in [0.15, 0.2) is 17.6 Å². The largest absolute Gasteiger partial charge is 0.353 e. The van der Waals surface area contributed by atoms with Crippen LogP contribution >= 0.6 is 0 Å².